The summed E-state index contributed by atoms with van der Waals surface area (Å²) < 4.78 is 12.7. The second kappa shape index (κ2) is 3.70. The lowest BCUT2D eigenvalue weighted by atomic mass is 9.94. The third-order valence-electron chi connectivity index (χ3n) is 2.22. The maximum atomic E-state index is 12.7. The van der Waals surface area contributed by atoms with Crippen LogP contribution in [-0.2, 0) is 0 Å². The van der Waals surface area contributed by atoms with Crippen LogP contribution in [-0.4, -0.2) is 0 Å². The van der Waals surface area contributed by atoms with Crippen LogP contribution in [0.25, 0.3) is 0 Å². The molecule has 0 unspecified atom stereocenters. The van der Waals surface area contributed by atoms with E-state index in [1.54, 1.807) is 6.07 Å². The lowest BCUT2D eigenvalue weighted by molar-refractivity contribution is 0.625. The molecule has 0 aromatic heterocycles. The van der Waals surface area contributed by atoms with E-state index in [-0.39, 0.29) is 5.82 Å². The molecule has 0 N–H and O–H groups in total. The molecule has 0 aliphatic carbocycles. The molecule has 1 aromatic rings. The SMILES string of the molecule is C[CH][C@H](C)c1ccc(F)cc1C. The van der Waals surface area contributed by atoms with Crippen LogP contribution in [0.5, 0.6) is 0 Å². The van der Waals surface area contributed by atoms with Crippen molar-refractivity contribution in [2.24, 2.45) is 0 Å². The Labute approximate surface area is 73.4 Å². The minimum absolute atomic E-state index is 0.153. The van der Waals surface area contributed by atoms with Gasteiger partial charge in [-0.3, -0.25) is 0 Å². The molecule has 0 heterocycles. The molecule has 0 spiro atoms. The second-order valence-electron chi connectivity index (χ2n) is 3.12. The number of hydrogen-bond acceptors (Lipinski definition) is 0. The largest absolute Gasteiger partial charge is 0.207 e. The van der Waals surface area contributed by atoms with Crippen molar-refractivity contribution >= 4 is 0 Å². The number of halogens is 1. The first-order chi connectivity index (χ1) is 5.65. The first-order valence-corrected chi connectivity index (χ1v) is 4.20. The molecule has 0 amide bonds. The minimum atomic E-state index is -0.153. The van der Waals surface area contributed by atoms with E-state index < -0.39 is 0 Å². The highest BCUT2D eigenvalue weighted by molar-refractivity contribution is 5.30. The van der Waals surface area contributed by atoms with Crippen molar-refractivity contribution in [3.63, 3.8) is 0 Å². The van der Waals surface area contributed by atoms with Gasteiger partial charge in [0.25, 0.3) is 0 Å². The zero-order chi connectivity index (χ0) is 9.14. The Balaban J connectivity index is 3.01. The molecule has 0 saturated carbocycles. The number of aryl methyl sites for hydroxylation is 1. The molecular weight excluding hydrogens is 151 g/mol. The van der Waals surface area contributed by atoms with Crippen LogP contribution in [0.4, 0.5) is 4.39 Å². The smallest absolute Gasteiger partial charge is 0.123 e. The third-order valence-corrected chi connectivity index (χ3v) is 2.22. The van der Waals surface area contributed by atoms with Gasteiger partial charge in [0.2, 0.25) is 0 Å². The van der Waals surface area contributed by atoms with E-state index >= 15 is 0 Å². The zero-order valence-electron chi connectivity index (χ0n) is 7.76. The van der Waals surface area contributed by atoms with Crippen LogP contribution < -0.4 is 0 Å². The Morgan fingerprint density at radius 2 is 2.08 bits per heavy atom. The summed E-state index contributed by atoms with van der Waals surface area (Å²) >= 11 is 0. The van der Waals surface area contributed by atoms with Gasteiger partial charge in [0.15, 0.2) is 0 Å². The topological polar surface area (TPSA) is 0 Å². The van der Waals surface area contributed by atoms with Gasteiger partial charge in [-0.15, -0.1) is 0 Å². The van der Waals surface area contributed by atoms with Crippen molar-refractivity contribution in [1.82, 2.24) is 0 Å². The van der Waals surface area contributed by atoms with Crippen molar-refractivity contribution in [3.05, 3.63) is 41.6 Å². The summed E-state index contributed by atoms with van der Waals surface area (Å²) in [7, 11) is 0. The summed E-state index contributed by atoms with van der Waals surface area (Å²) in [6.07, 6.45) is 2.11. The quantitative estimate of drug-likeness (QED) is 0.629. The predicted molar refractivity (Wildman–Crippen MR) is 49.5 cm³/mol. The van der Waals surface area contributed by atoms with Crippen LogP contribution in [0.1, 0.15) is 30.9 Å². The first kappa shape index (κ1) is 9.24. The van der Waals surface area contributed by atoms with Gasteiger partial charge < -0.3 is 0 Å². The fraction of sp³-hybridized carbons (Fsp3) is 0.364. The summed E-state index contributed by atoms with van der Waals surface area (Å²) in [6.45, 7) is 6.08. The van der Waals surface area contributed by atoms with Crippen molar-refractivity contribution in [2.45, 2.75) is 26.7 Å². The molecule has 1 heteroatoms. The van der Waals surface area contributed by atoms with Crippen molar-refractivity contribution in [2.75, 3.05) is 0 Å². The van der Waals surface area contributed by atoms with Crippen molar-refractivity contribution in [1.29, 1.82) is 0 Å². The van der Waals surface area contributed by atoms with Gasteiger partial charge in [-0.2, -0.15) is 0 Å². The molecule has 1 rings (SSSR count). The van der Waals surface area contributed by atoms with Gasteiger partial charge in [0.1, 0.15) is 5.82 Å². The number of rotatable bonds is 2. The van der Waals surface area contributed by atoms with E-state index in [0.717, 1.165) is 5.56 Å². The van der Waals surface area contributed by atoms with E-state index in [9.17, 15) is 4.39 Å². The highest BCUT2D eigenvalue weighted by atomic mass is 19.1. The van der Waals surface area contributed by atoms with Crippen LogP contribution >= 0.6 is 0 Å². The first-order valence-electron chi connectivity index (χ1n) is 4.20. The maximum absolute atomic E-state index is 12.7. The molecule has 1 radical (unpaired) electrons. The third kappa shape index (κ3) is 1.84. The van der Waals surface area contributed by atoms with Gasteiger partial charge >= 0.3 is 0 Å². The Morgan fingerprint density at radius 1 is 1.42 bits per heavy atom. The normalized spacial score (nSPS) is 13.0. The minimum Gasteiger partial charge on any atom is -0.207 e. The lowest BCUT2D eigenvalue weighted by Crippen LogP contribution is -1.95. The summed E-state index contributed by atoms with van der Waals surface area (Å²) in [5.74, 6) is 0.255. The maximum Gasteiger partial charge on any atom is 0.123 e. The fourth-order valence-corrected chi connectivity index (χ4v) is 1.33. The molecule has 0 bridgehead atoms. The van der Waals surface area contributed by atoms with Gasteiger partial charge in [0, 0.05) is 0 Å². The molecule has 0 fully saturated rings. The molecule has 0 aliphatic rings. The van der Waals surface area contributed by atoms with Crippen LogP contribution in [0.3, 0.4) is 0 Å². The summed E-state index contributed by atoms with van der Waals surface area (Å²) in [5.41, 5.74) is 2.24. The monoisotopic (exact) mass is 165 g/mol. The molecule has 0 saturated heterocycles. The van der Waals surface area contributed by atoms with Crippen LogP contribution in [0.15, 0.2) is 18.2 Å². The molecule has 12 heavy (non-hydrogen) atoms. The Kier molecular flexibility index (Phi) is 2.85. The number of benzene rings is 1. The summed E-state index contributed by atoms with van der Waals surface area (Å²) in [4.78, 5) is 0. The highest BCUT2D eigenvalue weighted by Gasteiger charge is 2.06. The Morgan fingerprint density at radius 3 is 2.58 bits per heavy atom. The Hall–Kier alpha value is -0.850. The average Bonchev–Trinajstić information content (AvgIpc) is 2.03. The van der Waals surface area contributed by atoms with E-state index in [0.29, 0.717) is 5.92 Å². The van der Waals surface area contributed by atoms with Gasteiger partial charge in [0.05, 0.1) is 0 Å². The molecule has 0 nitrogen and oxygen atoms in total. The van der Waals surface area contributed by atoms with Crippen molar-refractivity contribution < 1.29 is 4.39 Å². The van der Waals surface area contributed by atoms with Crippen LogP contribution in [0.2, 0.25) is 0 Å². The zero-order valence-corrected chi connectivity index (χ0v) is 7.76. The van der Waals surface area contributed by atoms with E-state index in [2.05, 4.69) is 13.3 Å². The average molecular weight is 165 g/mol. The van der Waals surface area contributed by atoms with Gasteiger partial charge in [-0.1, -0.05) is 19.9 Å². The molecule has 65 valence electrons. The van der Waals surface area contributed by atoms with E-state index in [1.165, 1.54) is 11.6 Å². The van der Waals surface area contributed by atoms with Gasteiger partial charge in [-0.25, -0.2) is 4.39 Å². The van der Waals surface area contributed by atoms with E-state index in [1.807, 2.05) is 19.9 Å². The van der Waals surface area contributed by atoms with Crippen molar-refractivity contribution in [3.8, 4) is 0 Å². The Bertz CT molecular complexity index is 266. The van der Waals surface area contributed by atoms with Crippen LogP contribution in [0, 0.1) is 19.2 Å². The summed E-state index contributed by atoms with van der Waals surface area (Å²) in [6, 6.07) is 4.95. The highest BCUT2D eigenvalue weighted by Crippen LogP contribution is 2.21. The fourth-order valence-electron chi connectivity index (χ4n) is 1.33. The molecule has 1 aromatic carbocycles. The van der Waals surface area contributed by atoms with E-state index in [4.69, 9.17) is 0 Å². The predicted octanol–water partition coefficient (Wildman–Crippen LogP) is 3.46. The molecular formula is C11H14F. The lowest BCUT2D eigenvalue weighted by Gasteiger charge is -2.11. The second-order valence-corrected chi connectivity index (χ2v) is 3.12. The standard InChI is InChI=1S/C11H14F/c1-4-8(2)11-6-5-10(12)7-9(11)3/h4-8H,1-3H3/t8-/m0/s1. The summed E-state index contributed by atoms with van der Waals surface area (Å²) in [5, 5.41) is 0. The molecule has 0 aliphatic heterocycles. The molecule has 1 atom stereocenters. The van der Waals surface area contributed by atoms with Gasteiger partial charge in [-0.05, 0) is 42.5 Å². The number of hydrogen-bond donors (Lipinski definition) is 0.